The van der Waals surface area contributed by atoms with Crippen LogP contribution in [0.15, 0.2) is 18.2 Å². The summed E-state index contributed by atoms with van der Waals surface area (Å²) < 4.78 is 32.7. The molecule has 2 unspecified atom stereocenters. The summed E-state index contributed by atoms with van der Waals surface area (Å²) >= 11 is 0. The second kappa shape index (κ2) is 6.44. The number of halogens is 2. The summed E-state index contributed by atoms with van der Waals surface area (Å²) in [6, 6.07) is 3.34. The Morgan fingerprint density at radius 1 is 1.26 bits per heavy atom. The van der Waals surface area contributed by atoms with Crippen LogP contribution in [0.5, 0.6) is 0 Å². The van der Waals surface area contributed by atoms with E-state index in [1.54, 1.807) is 7.05 Å². The number of hydrogen-bond donors (Lipinski definition) is 1. The minimum absolute atomic E-state index is 0.162. The van der Waals surface area contributed by atoms with Crippen molar-refractivity contribution in [2.75, 3.05) is 13.7 Å². The van der Waals surface area contributed by atoms with Gasteiger partial charge < -0.3 is 10.1 Å². The van der Waals surface area contributed by atoms with Gasteiger partial charge in [-0.05, 0) is 25.5 Å². The van der Waals surface area contributed by atoms with E-state index in [2.05, 4.69) is 5.32 Å². The number of likely N-dealkylation sites (N-methyl/N-ethyl adjacent to an activating group) is 1. The van der Waals surface area contributed by atoms with Gasteiger partial charge in [0, 0.05) is 18.2 Å². The first kappa shape index (κ1) is 16.1. The van der Waals surface area contributed by atoms with E-state index in [9.17, 15) is 8.78 Å². The van der Waals surface area contributed by atoms with Gasteiger partial charge in [-0.2, -0.15) is 0 Å². The molecule has 0 bridgehead atoms. The first-order valence-electron chi connectivity index (χ1n) is 6.55. The predicted molar refractivity (Wildman–Crippen MR) is 73.0 cm³/mol. The molecule has 19 heavy (non-hydrogen) atoms. The molecule has 0 aliphatic rings. The van der Waals surface area contributed by atoms with E-state index in [4.69, 9.17) is 4.74 Å². The van der Waals surface area contributed by atoms with Crippen LogP contribution in [0.2, 0.25) is 0 Å². The highest BCUT2D eigenvalue weighted by Crippen LogP contribution is 2.33. The number of ether oxygens (including phenoxy) is 1. The van der Waals surface area contributed by atoms with Crippen LogP contribution in [0.1, 0.15) is 39.3 Å². The second-order valence-corrected chi connectivity index (χ2v) is 5.67. The van der Waals surface area contributed by atoms with Gasteiger partial charge in [0.25, 0.3) is 0 Å². The topological polar surface area (TPSA) is 21.3 Å². The second-order valence-electron chi connectivity index (χ2n) is 5.67. The van der Waals surface area contributed by atoms with E-state index >= 15 is 0 Å². The largest absolute Gasteiger partial charge is 0.376 e. The van der Waals surface area contributed by atoms with Crippen molar-refractivity contribution in [3.8, 4) is 0 Å². The van der Waals surface area contributed by atoms with Crippen LogP contribution in [-0.4, -0.2) is 19.8 Å². The molecular formula is C15H23F2NO. The van der Waals surface area contributed by atoms with Crippen LogP contribution in [0, 0.1) is 17.0 Å². The van der Waals surface area contributed by atoms with Gasteiger partial charge >= 0.3 is 0 Å². The van der Waals surface area contributed by atoms with Gasteiger partial charge in [0.1, 0.15) is 11.6 Å². The normalized spacial score (nSPS) is 15.3. The molecule has 1 aromatic carbocycles. The van der Waals surface area contributed by atoms with Crippen LogP contribution in [0.3, 0.4) is 0 Å². The Balaban J connectivity index is 3.16. The van der Waals surface area contributed by atoms with Crippen molar-refractivity contribution in [3.05, 3.63) is 35.4 Å². The SMILES string of the molecule is CCOC(C(NC)c1ccc(F)cc1F)C(C)(C)C. The van der Waals surface area contributed by atoms with E-state index in [1.807, 2.05) is 27.7 Å². The summed E-state index contributed by atoms with van der Waals surface area (Å²) in [4.78, 5) is 0. The summed E-state index contributed by atoms with van der Waals surface area (Å²) in [7, 11) is 1.76. The summed E-state index contributed by atoms with van der Waals surface area (Å²) in [6.45, 7) is 8.58. The van der Waals surface area contributed by atoms with Crippen LogP contribution in [0.4, 0.5) is 8.78 Å². The van der Waals surface area contributed by atoms with Gasteiger partial charge in [-0.15, -0.1) is 0 Å². The lowest BCUT2D eigenvalue weighted by Gasteiger charge is -2.37. The highest BCUT2D eigenvalue weighted by atomic mass is 19.1. The summed E-state index contributed by atoms with van der Waals surface area (Å²) in [5, 5.41) is 3.08. The number of nitrogens with one attached hydrogen (secondary N) is 1. The Labute approximate surface area is 114 Å². The molecule has 0 radical (unpaired) electrons. The lowest BCUT2D eigenvalue weighted by molar-refractivity contribution is -0.0357. The quantitative estimate of drug-likeness (QED) is 0.882. The Morgan fingerprint density at radius 2 is 1.89 bits per heavy atom. The number of hydrogen-bond acceptors (Lipinski definition) is 2. The molecule has 108 valence electrons. The molecule has 0 amide bonds. The van der Waals surface area contributed by atoms with Crippen LogP contribution < -0.4 is 5.32 Å². The molecule has 4 heteroatoms. The van der Waals surface area contributed by atoms with Crippen molar-refractivity contribution in [3.63, 3.8) is 0 Å². The summed E-state index contributed by atoms with van der Waals surface area (Å²) in [5.41, 5.74) is 0.266. The predicted octanol–water partition coefficient (Wildman–Crippen LogP) is 3.68. The smallest absolute Gasteiger partial charge is 0.130 e. The molecule has 1 N–H and O–H groups in total. The first-order chi connectivity index (χ1) is 8.81. The van der Waals surface area contributed by atoms with E-state index < -0.39 is 11.6 Å². The maximum atomic E-state index is 13.9. The van der Waals surface area contributed by atoms with Crippen molar-refractivity contribution in [1.82, 2.24) is 5.32 Å². The van der Waals surface area contributed by atoms with Crippen molar-refractivity contribution >= 4 is 0 Å². The Bertz CT molecular complexity index is 415. The van der Waals surface area contributed by atoms with Gasteiger partial charge in [0.2, 0.25) is 0 Å². The minimum Gasteiger partial charge on any atom is -0.376 e. The zero-order chi connectivity index (χ0) is 14.6. The highest BCUT2D eigenvalue weighted by Gasteiger charge is 2.34. The molecule has 2 atom stereocenters. The molecule has 0 spiro atoms. The third-order valence-corrected chi connectivity index (χ3v) is 3.11. The standard InChI is InChI=1S/C15H23F2NO/c1-6-19-14(15(2,3)4)13(18-5)11-8-7-10(16)9-12(11)17/h7-9,13-14,18H,6H2,1-5H3. The molecular weight excluding hydrogens is 248 g/mol. The number of benzene rings is 1. The van der Waals surface area contributed by atoms with Gasteiger partial charge in [-0.25, -0.2) is 8.78 Å². The molecule has 0 saturated carbocycles. The van der Waals surface area contributed by atoms with Crippen molar-refractivity contribution in [2.45, 2.75) is 39.8 Å². The molecule has 2 nitrogen and oxygen atoms in total. The first-order valence-corrected chi connectivity index (χ1v) is 6.55. The number of rotatable bonds is 5. The maximum absolute atomic E-state index is 13.9. The average Bonchev–Trinajstić information content (AvgIpc) is 2.30. The average molecular weight is 271 g/mol. The molecule has 0 aliphatic heterocycles. The van der Waals surface area contributed by atoms with Crippen LogP contribution in [0.25, 0.3) is 0 Å². The monoisotopic (exact) mass is 271 g/mol. The van der Waals surface area contributed by atoms with Crippen molar-refractivity contribution < 1.29 is 13.5 Å². The van der Waals surface area contributed by atoms with Crippen molar-refractivity contribution in [1.29, 1.82) is 0 Å². The fraction of sp³-hybridized carbons (Fsp3) is 0.600. The van der Waals surface area contributed by atoms with E-state index in [-0.39, 0.29) is 17.6 Å². The van der Waals surface area contributed by atoms with Crippen LogP contribution >= 0.6 is 0 Å². The molecule has 0 heterocycles. The van der Waals surface area contributed by atoms with Gasteiger partial charge in [-0.1, -0.05) is 26.8 Å². The molecule has 0 aromatic heterocycles. The molecule has 0 aliphatic carbocycles. The summed E-state index contributed by atoms with van der Waals surface area (Å²) in [5.74, 6) is -1.12. The molecule has 0 saturated heterocycles. The Kier molecular flexibility index (Phi) is 5.44. The van der Waals surface area contributed by atoms with Crippen LogP contribution in [-0.2, 0) is 4.74 Å². The fourth-order valence-electron chi connectivity index (χ4n) is 2.25. The third kappa shape index (κ3) is 3.98. The van der Waals surface area contributed by atoms with Gasteiger partial charge in [0.05, 0.1) is 12.1 Å². The molecule has 1 aromatic rings. The fourth-order valence-corrected chi connectivity index (χ4v) is 2.25. The van der Waals surface area contributed by atoms with E-state index in [0.29, 0.717) is 12.2 Å². The van der Waals surface area contributed by atoms with E-state index in [1.165, 1.54) is 12.1 Å². The van der Waals surface area contributed by atoms with E-state index in [0.717, 1.165) is 6.07 Å². The Morgan fingerprint density at radius 3 is 2.32 bits per heavy atom. The molecule has 0 fully saturated rings. The zero-order valence-corrected chi connectivity index (χ0v) is 12.3. The highest BCUT2D eigenvalue weighted by molar-refractivity contribution is 5.24. The zero-order valence-electron chi connectivity index (χ0n) is 12.3. The molecule has 1 rings (SSSR count). The third-order valence-electron chi connectivity index (χ3n) is 3.11. The van der Waals surface area contributed by atoms with Gasteiger partial charge in [-0.3, -0.25) is 0 Å². The maximum Gasteiger partial charge on any atom is 0.130 e. The van der Waals surface area contributed by atoms with Crippen molar-refractivity contribution in [2.24, 2.45) is 5.41 Å². The van der Waals surface area contributed by atoms with Gasteiger partial charge in [0.15, 0.2) is 0 Å². The minimum atomic E-state index is -0.570. The Hall–Kier alpha value is -1.00. The summed E-state index contributed by atoms with van der Waals surface area (Å²) in [6.07, 6.45) is -0.206. The lowest BCUT2D eigenvalue weighted by Crippen LogP contribution is -2.41. The lowest BCUT2D eigenvalue weighted by atomic mass is 9.82.